The first-order chi connectivity index (χ1) is 16.6. The molecule has 176 valence electrons. The van der Waals surface area contributed by atoms with Crippen molar-refractivity contribution in [1.82, 2.24) is 9.55 Å². The zero-order valence-corrected chi connectivity index (χ0v) is 18.6. The van der Waals surface area contributed by atoms with E-state index < -0.39 is 35.7 Å². The fourth-order valence-electron chi connectivity index (χ4n) is 3.88. The van der Waals surface area contributed by atoms with Gasteiger partial charge in [-0.3, -0.25) is 14.3 Å². The average Bonchev–Trinajstić information content (AvgIpc) is 3.18. The Hall–Kier alpha value is -3.69. The SMILES string of the molecule is Cc1cn([C@@H]2O[C@H](COCc3ccccc3)[C@H](OCc3ccccc3)[C@H]2N=[N+]=[N-])c(=O)[nH]c1=O. The second kappa shape index (κ2) is 11.0. The summed E-state index contributed by atoms with van der Waals surface area (Å²) in [7, 11) is 0. The molecule has 1 aromatic heterocycles. The molecule has 0 saturated carbocycles. The molecule has 4 atom stereocenters. The van der Waals surface area contributed by atoms with Crippen molar-refractivity contribution in [2.45, 2.75) is 44.6 Å². The molecule has 0 bridgehead atoms. The van der Waals surface area contributed by atoms with Crippen molar-refractivity contribution >= 4 is 0 Å². The van der Waals surface area contributed by atoms with Crippen LogP contribution in [0.1, 0.15) is 22.9 Å². The molecule has 0 radical (unpaired) electrons. The van der Waals surface area contributed by atoms with Crippen molar-refractivity contribution < 1.29 is 14.2 Å². The number of H-pyrrole nitrogens is 1. The third-order valence-corrected chi connectivity index (χ3v) is 5.59. The van der Waals surface area contributed by atoms with Crippen LogP contribution < -0.4 is 11.2 Å². The molecule has 10 heteroatoms. The van der Waals surface area contributed by atoms with Gasteiger partial charge in [-0.25, -0.2) is 4.79 Å². The summed E-state index contributed by atoms with van der Waals surface area (Å²) in [6.07, 6.45) is -0.874. The molecule has 0 amide bonds. The lowest BCUT2D eigenvalue weighted by Crippen LogP contribution is -2.38. The quantitative estimate of drug-likeness (QED) is 0.296. The van der Waals surface area contributed by atoms with Gasteiger partial charge in [-0.2, -0.15) is 0 Å². The molecule has 3 aromatic rings. The first-order valence-electron chi connectivity index (χ1n) is 10.9. The van der Waals surface area contributed by atoms with Gasteiger partial charge in [0, 0.05) is 16.7 Å². The molecule has 1 saturated heterocycles. The van der Waals surface area contributed by atoms with E-state index in [1.165, 1.54) is 10.8 Å². The summed E-state index contributed by atoms with van der Waals surface area (Å²) in [4.78, 5) is 29.6. The van der Waals surface area contributed by atoms with Crippen LogP contribution in [0.5, 0.6) is 0 Å². The summed E-state index contributed by atoms with van der Waals surface area (Å²) in [5.41, 5.74) is 10.4. The minimum atomic E-state index is -0.968. The number of nitrogens with one attached hydrogen (secondary N) is 1. The van der Waals surface area contributed by atoms with Crippen LogP contribution in [-0.2, 0) is 27.4 Å². The van der Waals surface area contributed by atoms with E-state index in [2.05, 4.69) is 15.0 Å². The van der Waals surface area contributed by atoms with Gasteiger partial charge in [0.1, 0.15) is 18.4 Å². The molecule has 10 nitrogen and oxygen atoms in total. The number of nitrogens with zero attached hydrogens (tertiary/aromatic N) is 4. The Morgan fingerprint density at radius 1 is 1.06 bits per heavy atom. The van der Waals surface area contributed by atoms with E-state index >= 15 is 0 Å². The number of azide groups is 1. The minimum Gasteiger partial charge on any atom is -0.374 e. The van der Waals surface area contributed by atoms with Crippen molar-refractivity contribution in [2.75, 3.05) is 6.61 Å². The maximum atomic E-state index is 12.5. The third kappa shape index (κ3) is 5.44. The summed E-state index contributed by atoms with van der Waals surface area (Å²) in [6.45, 7) is 2.35. The molecule has 2 heterocycles. The van der Waals surface area contributed by atoms with E-state index in [0.29, 0.717) is 12.2 Å². The number of aryl methyl sites for hydroxylation is 1. The van der Waals surface area contributed by atoms with Crippen LogP contribution in [0.3, 0.4) is 0 Å². The molecular weight excluding hydrogens is 438 g/mol. The van der Waals surface area contributed by atoms with E-state index in [-0.39, 0.29) is 13.2 Å². The van der Waals surface area contributed by atoms with Gasteiger partial charge in [0.05, 0.1) is 25.9 Å². The molecule has 34 heavy (non-hydrogen) atoms. The average molecular weight is 463 g/mol. The highest BCUT2D eigenvalue weighted by atomic mass is 16.6. The number of hydrogen-bond donors (Lipinski definition) is 1. The lowest BCUT2D eigenvalue weighted by atomic mass is 10.1. The predicted octanol–water partition coefficient (Wildman–Crippen LogP) is 3.22. The van der Waals surface area contributed by atoms with Gasteiger partial charge in [0.2, 0.25) is 0 Å². The number of aromatic amines is 1. The number of benzene rings is 2. The zero-order valence-electron chi connectivity index (χ0n) is 18.6. The molecule has 0 unspecified atom stereocenters. The van der Waals surface area contributed by atoms with Gasteiger partial charge in [0.25, 0.3) is 5.56 Å². The Kier molecular flexibility index (Phi) is 7.56. The summed E-state index contributed by atoms with van der Waals surface area (Å²) in [6, 6.07) is 18.4. The number of ether oxygens (including phenoxy) is 3. The van der Waals surface area contributed by atoms with Crippen LogP contribution in [0.25, 0.3) is 10.4 Å². The van der Waals surface area contributed by atoms with Gasteiger partial charge in [-0.05, 0) is 23.6 Å². The Morgan fingerprint density at radius 3 is 2.35 bits per heavy atom. The molecule has 1 fully saturated rings. The molecular formula is C24H25N5O5. The van der Waals surface area contributed by atoms with Crippen LogP contribution in [0.15, 0.2) is 81.6 Å². The van der Waals surface area contributed by atoms with E-state index in [1.807, 2.05) is 60.7 Å². The number of hydrogen-bond acceptors (Lipinski definition) is 6. The monoisotopic (exact) mass is 463 g/mol. The van der Waals surface area contributed by atoms with E-state index in [9.17, 15) is 15.1 Å². The van der Waals surface area contributed by atoms with Gasteiger partial charge >= 0.3 is 5.69 Å². The maximum absolute atomic E-state index is 12.5. The highest BCUT2D eigenvalue weighted by Gasteiger charge is 2.46. The second-order valence-corrected chi connectivity index (χ2v) is 8.00. The topological polar surface area (TPSA) is 131 Å². The molecule has 2 aromatic carbocycles. The first kappa shape index (κ1) is 23.5. The summed E-state index contributed by atoms with van der Waals surface area (Å²) in [5.74, 6) is 0. The van der Waals surface area contributed by atoms with Gasteiger partial charge in [-0.1, -0.05) is 65.8 Å². The normalized spacial score (nSPS) is 21.8. The van der Waals surface area contributed by atoms with Gasteiger partial charge in [0.15, 0.2) is 0 Å². The van der Waals surface area contributed by atoms with Gasteiger partial charge < -0.3 is 14.2 Å². The lowest BCUT2D eigenvalue weighted by Gasteiger charge is -2.21. The summed E-state index contributed by atoms with van der Waals surface area (Å²) < 4.78 is 19.4. The summed E-state index contributed by atoms with van der Waals surface area (Å²) >= 11 is 0. The van der Waals surface area contributed by atoms with E-state index in [1.54, 1.807) is 6.92 Å². The molecule has 0 spiro atoms. The minimum absolute atomic E-state index is 0.152. The van der Waals surface area contributed by atoms with Crippen molar-refractivity contribution in [1.29, 1.82) is 0 Å². The van der Waals surface area contributed by atoms with Crippen LogP contribution in [-0.4, -0.2) is 34.4 Å². The van der Waals surface area contributed by atoms with Crippen LogP contribution in [0, 0.1) is 6.92 Å². The molecule has 4 rings (SSSR count). The number of rotatable bonds is 9. The van der Waals surface area contributed by atoms with Crippen LogP contribution >= 0.6 is 0 Å². The fraction of sp³-hybridized carbons (Fsp3) is 0.333. The molecule has 0 aliphatic carbocycles. The number of aromatic nitrogens is 2. The van der Waals surface area contributed by atoms with Crippen molar-refractivity contribution in [3.8, 4) is 0 Å². The maximum Gasteiger partial charge on any atom is 0.330 e. The largest absolute Gasteiger partial charge is 0.374 e. The third-order valence-electron chi connectivity index (χ3n) is 5.59. The van der Waals surface area contributed by atoms with E-state index in [4.69, 9.17) is 14.2 Å². The standard InChI is InChI=1S/C24H25N5O5/c1-16-12-29(24(31)26-22(16)30)23-20(27-28-25)21(33-14-18-10-6-3-7-11-18)19(34-23)15-32-13-17-8-4-2-5-9-17/h2-12,19-21,23H,13-15H2,1H3,(H,26,30,31)/t19-,20-,21+,23-/m1/s1. The van der Waals surface area contributed by atoms with E-state index in [0.717, 1.165) is 11.1 Å². The first-order valence-corrected chi connectivity index (χ1v) is 10.9. The van der Waals surface area contributed by atoms with Gasteiger partial charge in [-0.15, -0.1) is 0 Å². The molecule has 1 N–H and O–H groups in total. The van der Waals surface area contributed by atoms with Crippen LogP contribution in [0.2, 0.25) is 0 Å². The summed E-state index contributed by atoms with van der Waals surface area (Å²) in [5, 5.41) is 3.91. The highest BCUT2D eigenvalue weighted by molar-refractivity contribution is 5.14. The van der Waals surface area contributed by atoms with Crippen molar-refractivity contribution in [2.24, 2.45) is 5.11 Å². The predicted molar refractivity (Wildman–Crippen MR) is 124 cm³/mol. The Bertz CT molecular complexity index is 1250. The van der Waals surface area contributed by atoms with Crippen molar-refractivity contribution in [3.05, 3.63) is 115 Å². The Morgan fingerprint density at radius 2 is 1.71 bits per heavy atom. The van der Waals surface area contributed by atoms with Crippen LogP contribution in [0.4, 0.5) is 0 Å². The Labute approximate surface area is 195 Å². The second-order valence-electron chi connectivity index (χ2n) is 8.00. The lowest BCUT2D eigenvalue weighted by molar-refractivity contribution is -0.0832. The Balaban J connectivity index is 1.59. The highest BCUT2D eigenvalue weighted by Crippen LogP contribution is 2.34. The zero-order chi connectivity index (χ0) is 23.9. The van der Waals surface area contributed by atoms with Crippen molar-refractivity contribution in [3.63, 3.8) is 0 Å². The smallest absolute Gasteiger partial charge is 0.330 e. The fourth-order valence-corrected chi connectivity index (χ4v) is 3.88. The molecule has 1 aliphatic heterocycles. The molecule has 1 aliphatic rings.